The zero-order valence-corrected chi connectivity index (χ0v) is 16.0. The lowest BCUT2D eigenvalue weighted by Gasteiger charge is -2.30. The molecule has 1 N–H and O–H groups in total. The number of rotatable bonds is 4. The number of hydrogen-bond acceptors (Lipinski definition) is 4. The van der Waals surface area contributed by atoms with Gasteiger partial charge in [-0.3, -0.25) is 0 Å². The normalized spacial score (nSPS) is 17.2. The van der Waals surface area contributed by atoms with Crippen LogP contribution in [0.1, 0.15) is 17.5 Å². The standard InChI is InChI=1S/C22H26N4O2/c27-22(26-11-8-19(9-12-26)18-5-2-1-3-6-18)24-17-20-7-4-10-23-21(20)25-13-15-28-16-14-25/h1-8,10H,9,11-17H2,(H,24,27). The summed E-state index contributed by atoms with van der Waals surface area (Å²) in [5, 5.41) is 3.06. The second-order valence-corrected chi connectivity index (χ2v) is 7.04. The van der Waals surface area contributed by atoms with Crippen molar-refractivity contribution in [3.05, 3.63) is 65.9 Å². The van der Waals surface area contributed by atoms with Gasteiger partial charge >= 0.3 is 6.03 Å². The van der Waals surface area contributed by atoms with E-state index in [2.05, 4.69) is 45.5 Å². The Labute approximate surface area is 165 Å². The SMILES string of the molecule is O=C(NCc1cccnc1N1CCOCC1)N1CC=C(c2ccccc2)CC1. The number of hydrogen-bond donors (Lipinski definition) is 1. The van der Waals surface area contributed by atoms with Gasteiger partial charge in [0.15, 0.2) is 0 Å². The number of morpholine rings is 1. The molecule has 3 heterocycles. The first kappa shape index (κ1) is 18.5. The lowest BCUT2D eigenvalue weighted by Crippen LogP contribution is -2.42. The molecule has 4 rings (SSSR count). The third-order valence-corrected chi connectivity index (χ3v) is 5.25. The molecule has 6 heteroatoms. The molecule has 0 bridgehead atoms. The van der Waals surface area contributed by atoms with Gasteiger partial charge in [-0.2, -0.15) is 0 Å². The number of pyridine rings is 1. The van der Waals surface area contributed by atoms with Crippen molar-refractivity contribution in [2.45, 2.75) is 13.0 Å². The molecule has 0 atom stereocenters. The van der Waals surface area contributed by atoms with E-state index in [1.165, 1.54) is 11.1 Å². The maximum absolute atomic E-state index is 12.6. The molecule has 1 aromatic heterocycles. The van der Waals surface area contributed by atoms with Crippen molar-refractivity contribution in [3.8, 4) is 0 Å². The van der Waals surface area contributed by atoms with Gasteiger partial charge in [0, 0.05) is 44.5 Å². The minimum atomic E-state index is -0.0276. The van der Waals surface area contributed by atoms with Gasteiger partial charge in [0.05, 0.1) is 13.2 Å². The van der Waals surface area contributed by atoms with Gasteiger partial charge in [0.1, 0.15) is 5.82 Å². The molecule has 0 radical (unpaired) electrons. The van der Waals surface area contributed by atoms with E-state index < -0.39 is 0 Å². The van der Waals surface area contributed by atoms with Crippen LogP contribution in [0.4, 0.5) is 10.6 Å². The Balaban J connectivity index is 1.35. The minimum Gasteiger partial charge on any atom is -0.378 e. The van der Waals surface area contributed by atoms with E-state index in [0.717, 1.165) is 37.4 Å². The number of amides is 2. The van der Waals surface area contributed by atoms with Crippen molar-refractivity contribution < 1.29 is 9.53 Å². The molecule has 28 heavy (non-hydrogen) atoms. The van der Waals surface area contributed by atoms with Crippen molar-refractivity contribution in [2.75, 3.05) is 44.3 Å². The van der Waals surface area contributed by atoms with Gasteiger partial charge in [0.25, 0.3) is 0 Å². The van der Waals surface area contributed by atoms with Crippen molar-refractivity contribution in [1.29, 1.82) is 0 Å². The smallest absolute Gasteiger partial charge is 0.317 e. The number of anilines is 1. The van der Waals surface area contributed by atoms with E-state index in [1.54, 1.807) is 6.20 Å². The first-order valence-electron chi connectivity index (χ1n) is 9.85. The first-order chi connectivity index (χ1) is 13.8. The highest BCUT2D eigenvalue weighted by Crippen LogP contribution is 2.22. The summed E-state index contributed by atoms with van der Waals surface area (Å²) in [6.45, 7) is 4.94. The molecule has 1 fully saturated rings. The Morgan fingerprint density at radius 3 is 2.64 bits per heavy atom. The lowest BCUT2D eigenvalue weighted by atomic mass is 10.00. The van der Waals surface area contributed by atoms with E-state index in [9.17, 15) is 4.79 Å². The van der Waals surface area contributed by atoms with E-state index in [0.29, 0.717) is 26.3 Å². The Kier molecular flexibility index (Phi) is 5.87. The zero-order valence-electron chi connectivity index (χ0n) is 16.0. The van der Waals surface area contributed by atoms with Gasteiger partial charge in [-0.15, -0.1) is 0 Å². The van der Waals surface area contributed by atoms with Crippen LogP contribution in [0.25, 0.3) is 5.57 Å². The number of aromatic nitrogens is 1. The topological polar surface area (TPSA) is 57.7 Å². The van der Waals surface area contributed by atoms with Crippen LogP contribution in [0, 0.1) is 0 Å². The number of carbonyl (C=O) groups is 1. The predicted octanol–water partition coefficient (Wildman–Crippen LogP) is 2.92. The van der Waals surface area contributed by atoms with Gasteiger partial charge in [-0.05, 0) is 23.6 Å². The van der Waals surface area contributed by atoms with Crippen LogP contribution in [0.5, 0.6) is 0 Å². The van der Waals surface area contributed by atoms with Gasteiger partial charge in [-0.1, -0.05) is 42.5 Å². The second kappa shape index (κ2) is 8.89. The fourth-order valence-corrected chi connectivity index (χ4v) is 3.68. The summed E-state index contributed by atoms with van der Waals surface area (Å²) < 4.78 is 5.43. The molecule has 2 aliphatic rings. The Morgan fingerprint density at radius 2 is 1.89 bits per heavy atom. The van der Waals surface area contributed by atoms with E-state index in [1.807, 2.05) is 23.1 Å². The Bertz CT molecular complexity index is 831. The third-order valence-electron chi connectivity index (χ3n) is 5.25. The Morgan fingerprint density at radius 1 is 1.07 bits per heavy atom. The fraction of sp³-hybridized carbons (Fsp3) is 0.364. The van der Waals surface area contributed by atoms with Crippen LogP contribution >= 0.6 is 0 Å². The predicted molar refractivity (Wildman–Crippen MR) is 110 cm³/mol. The molecule has 2 aromatic rings. The molecule has 0 spiro atoms. The van der Waals surface area contributed by atoms with Crippen molar-refractivity contribution in [2.24, 2.45) is 0 Å². The summed E-state index contributed by atoms with van der Waals surface area (Å²) in [4.78, 5) is 21.2. The highest BCUT2D eigenvalue weighted by Gasteiger charge is 2.19. The molecule has 0 saturated carbocycles. The van der Waals surface area contributed by atoms with Crippen LogP contribution in [0.15, 0.2) is 54.7 Å². The molecule has 6 nitrogen and oxygen atoms in total. The highest BCUT2D eigenvalue weighted by molar-refractivity contribution is 5.77. The first-order valence-corrected chi connectivity index (χ1v) is 9.85. The lowest BCUT2D eigenvalue weighted by molar-refractivity contribution is 0.122. The second-order valence-electron chi connectivity index (χ2n) is 7.04. The molecule has 2 amide bonds. The van der Waals surface area contributed by atoms with Crippen LogP contribution in [-0.4, -0.2) is 55.3 Å². The summed E-state index contributed by atoms with van der Waals surface area (Å²) in [6, 6.07) is 14.3. The van der Waals surface area contributed by atoms with Crippen LogP contribution in [-0.2, 0) is 11.3 Å². The molecule has 1 saturated heterocycles. The summed E-state index contributed by atoms with van der Waals surface area (Å²) in [5.74, 6) is 0.941. The zero-order chi connectivity index (χ0) is 19.2. The fourth-order valence-electron chi connectivity index (χ4n) is 3.68. The number of nitrogens with zero attached hydrogens (tertiary/aromatic N) is 3. The number of urea groups is 1. The largest absolute Gasteiger partial charge is 0.378 e. The maximum Gasteiger partial charge on any atom is 0.317 e. The quantitative estimate of drug-likeness (QED) is 0.889. The van der Waals surface area contributed by atoms with Crippen LogP contribution in [0.2, 0.25) is 0 Å². The minimum absolute atomic E-state index is 0.0276. The molecular formula is C22H26N4O2. The Hall–Kier alpha value is -2.86. The molecule has 1 aromatic carbocycles. The maximum atomic E-state index is 12.6. The molecule has 2 aliphatic heterocycles. The van der Waals surface area contributed by atoms with Gasteiger partial charge in [0.2, 0.25) is 0 Å². The monoisotopic (exact) mass is 378 g/mol. The molecular weight excluding hydrogens is 352 g/mol. The number of nitrogens with one attached hydrogen (secondary N) is 1. The van der Waals surface area contributed by atoms with Crippen LogP contribution < -0.4 is 10.2 Å². The summed E-state index contributed by atoms with van der Waals surface area (Å²) in [6.07, 6.45) is 4.83. The molecule has 0 aliphatic carbocycles. The van der Waals surface area contributed by atoms with E-state index in [4.69, 9.17) is 4.74 Å². The van der Waals surface area contributed by atoms with E-state index >= 15 is 0 Å². The summed E-state index contributed by atoms with van der Waals surface area (Å²) in [7, 11) is 0. The number of benzene rings is 1. The molecule has 0 unspecified atom stereocenters. The van der Waals surface area contributed by atoms with Crippen molar-refractivity contribution in [3.63, 3.8) is 0 Å². The van der Waals surface area contributed by atoms with Crippen LogP contribution in [0.3, 0.4) is 0 Å². The van der Waals surface area contributed by atoms with Gasteiger partial charge < -0.3 is 19.9 Å². The van der Waals surface area contributed by atoms with Crippen molar-refractivity contribution in [1.82, 2.24) is 15.2 Å². The average Bonchev–Trinajstić information content (AvgIpc) is 2.79. The van der Waals surface area contributed by atoms with Gasteiger partial charge in [-0.25, -0.2) is 9.78 Å². The number of carbonyl (C=O) groups excluding carboxylic acids is 1. The molecule has 146 valence electrons. The number of ether oxygens (including phenoxy) is 1. The van der Waals surface area contributed by atoms with Crippen molar-refractivity contribution >= 4 is 17.4 Å². The van der Waals surface area contributed by atoms with E-state index in [-0.39, 0.29) is 6.03 Å². The highest BCUT2D eigenvalue weighted by atomic mass is 16.5. The third kappa shape index (κ3) is 4.34. The summed E-state index contributed by atoms with van der Waals surface area (Å²) in [5.41, 5.74) is 3.59. The summed E-state index contributed by atoms with van der Waals surface area (Å²) >= 11 is 0. The average molecular weight is 378 g/mol.